The third-order valence-corrected chi connectivity index (χ3v) is 3.29. The van der Waals surface area contributed by atoms with Gasteiger partial charge in [0.15, 0.2) is 11.5 Å². The maximum Gasteiger partial charge on any atom is 0.161 e. The molecule has 18 heavy (non-hydrogen) atoms. The van der Waals surface area contributed by atoms with Gasteiger partial charge in [-0.15, -0.1) is 0 Å². The van der Waals surface area contributed by atoms with E-state index in [9.17, 15) is 0 Å². The number of nitrogens with one attached hydrogen (secondary N) is 1. The summed E-state index contributed by atoms with van der Waals surface area (Å²) in [5.74, 6) is 1.64. The van der Waals surface area contributed by atoms with Crippen molar-refractivity contribution in [2.24, 2.45) is 0 Å². The number of hydrogen-bond acceptors (Lipinski definition) is 3. The summed E-state index contributed by atoms with van der Waals surface area (Å²) >= 11 is 0. The van der Waals surface area contributed by atoms with Crippen molar-refractivity contribution in [2.45, 2.75) is 51.8 Å². The number of hydrogen-bond donors (Lipinski definition) is 1. The molecule has 3 nitrogen and oxygen atoms in total. The van der Waals surface area contributed by atoms with Gasteiger partial charge in [0, 0.05) is 12.6 Å². The molecular formula is C15H23NO2. The van der Waals surface area contributed by atoms with Crippen molar-refractivity contribution in [3.8, 4) is 11.5 Å². The summed E-state index contributed by atoms with van der Waals surface area (Å²) in [4.78, 5) is 0. The topological polar surface area (TPSA) is 30.5 Å². The SMILES string of the molecule is COc1cc(CNC2CCC2)ccc1OC(C)C. The second-order valence-electron chi connectivity index (χ2n) is 5.16. The third kappa shape index (κ3) is 3.39. The first-order valence-corrected chi connectivity index (χ1v) is 6.76. The van der Waals surface area contributed by atoms with E-state index < -0.39 is 0 Å². The Morgan fingerprint density at radius 1 is 1.28 bits per heavy atom. The van der Waals surface area contributed by atoms with Crippen molar-refractivity contribution < 1.29 is 9.47 Å². The molecule has 0 unspecified atom stereocenters. The molecule has 0 spiro atoms. The second-order valence-corrected chi connectivity index (χ2v) is 5.16. The van der Waals surface area contributed by atoms with Crippen LogP contribution in [0.15, 0.2) is 18.2 Å². The van der Waals surface area contributed by atoms with Crippen LogP contribution in [-0.4, -0.2) is 19.3 Å². The third-order valence-electron chi connectivity index (χ3n) is 3.29. The zero-order valence-electron chi connectivity index (χ0n) is 11.5. The van der Waals surface area contributed by atoms with Crippen LogP contribution in [0.2, 0.25) is 0 Å². The van der Waals surface area contributed by atoms with Gasteiger partial charge in [0.1, 0.15) is 0 Å². The molecule has 1 aliphatic carbocycles. The fraction of sp³-hybridized carbons (Fsp3) is 0.600. The van der Waals surface area contributed by atoms with Crippen LogP contribution >= 0.6 is 0 Å². The number of methoxy groups -OCH3 is 1. The molecule has 0 atom stereocenters. The van der Waals surface area contributed by atoms with Crippen LogP contribution in [0.1, 0.15) is 38.7 Å². The Hall–Kier alpha value is -1.22. The highest BCUT2D eigenvalue weighted by Gasteiger charge is 2.16. The molecule has 0 aliphatic heterocycles. The molecule has 1 aromatic rings. The molecule has 1 aromatic carbocycles. The van der Waals surface area contributed by atoms with Crippen molar-refractivity contribution in [3.63, 3.8) is 0 Å². The van der Waals surface area contributed by atoms with Crippen molar-refractivity contribution >= 4 is 0 Å². The Kier molecular flexibility index (Phi) is 4.48. The first-order chi connectivity index (χ1) is 8.69. The standard InChI is InChI=1S/C15H23NO2/c1-11(2)18-14-8-7-12(9-15(14)17-3)10-16-13-5-4-6-13/h7-9,11,13,16H,4-6,10H2,1-3H3. The lowest BCUT2D eigenvalue weighted by atomic mass is 9.93. The Balaban J connectivity index is 1.98. The Morgan fingerprint density at radius 3 is 2.61 bits per heavy atom. The average molecular weight is 249 g/mol. The van der Waals surface area contributed by atoms with E-state index in [1.54, 1.807) is 7.11 Å². The summed E-state index contributed by atoms with van der Waals surface area (Å²) in [5.41, 5.74) is 1.25. The molecule has 0 bridgehead atoms. The van der Waals surface area contributed by atoms with E-state index >= 15 is 0 Å². The van der Waals surface area contributed by atoms with Gasteiger partial charge < -0.3 is 14.8 Å². The molecule has 0 saturated heterocycles. The van der Waals surface area contributed by atoms with Gasteiger partial charge in [-0.2, -0.15) is 0 Å². The van der Waals surface area contributed by atoms with Gasteiger partial charge in [-0.3, -0.25) is 0 Å². The Labute approximate surface area is 109 Å². The van der Waals surface area contributed by atoms with Crippen LogP contribution in [-0.2, 0) is 6.54 Å². The van der Waals surface area contributed by atoms with Gasteiger partial charge in [-0.1, -0.05) is 12.5 Å². The smallest absolute Gasteiger partial charge is 0.161 e. The first-order valence-electron chi connectivity index (χ1n) is 6.76. The summed E-state index contributed by atoms with van der Waals surface area (Å²) < 4.78 is 11.1. The van der Waals surface area contributed by atoms with Crippen LogP contribution in [0.4, 0.5) is 0 Å². The van der Waals surface area contributed by atoms with E-state index in [2.05, 4.69) is 17.4 Å². The lowest BCUT2D eigenvalue weighted by Crippen LogP contribution is -2.34. The highest BCUT2D eigenvalue weighted by Crippen LogP contribution is 2.29. The van der Waals surface area contributed by atoms with Gasteiger partial charge in [0.05, 0.1) is 13.2 Å². The maximum absolute atomic E-state index is 5.70. The molecule has 1 saturated carbocycles. The van der Waals surface area contributed by atoms with Gasteiger partial charge in [0.2, 0.25) is 0 Å². The lowest BCUT2D eigenvalue weighted by Gasteiger charge is -2.26. The molecule has 1 N–H and O–H groups in total. The minimum Gasteiger partial charge on any atom is -0.493 e. The molecule has 2 rings (SSSR count). The Morgan fingerprint density at radius 2 is 2.06 bits per heavy atom. The van der Waals surface area contributed by atoms with Crippen molar-refractivity contribution in [1.29, 1.82) is 0 Å². The van der Waals surface area contributed by atoms with Gasteiger partial charge in [-0.05, 0) is 44.4 Å². The zero-order valence-corrected chi connectivity index (χ0v) is 11.5. The second kappa shape index (κ2) is 6.10. The van der Waals surface area contributed by atoms with E-state index in [4.69, 9.17) is 9.47 Å². The van der Waals surface area contributed by atoms with Crippen LogP contribution in [0.5, 0.6) is 11.5 Å². The summed E-state index contributed by atoms with van der Waals surface area (Å²) in [6.07, 6.45) is 4.15. The predicted octanol–water partition coefficient (Wildman–Crippen LogP) is 3.12. The minimum absolute atomic E-state index is 0.165. The summed E-state index contributed by atoms with van der Waals surface area (Å²) in [5, 5.41) is 3.55. The van der Waals surface area contributed by atoms with Crippen LogP contribution < -0.4 is 14.8 Å². The summed E-state index contributed by atoms with van der Waals surface area (Å²) in [7, 11) is 1.69. The molecule has 0 aromatic heterocycles. The molecule has 0 heterocycles. The normalized spacial score (nSPS) is 15.6. The van der Waals surface area contributed by atoms with E-state index in [0.717, 1.165) is 18.0 Å². The predicted molar refractivity (Wildman–Crippen MR) is 73.2 cm³/mol. The largest absolute Gasteiger partial charge is 0.493 e. The monoisotopic (exact) mass is 249 g/mol. The Bertz CT molecular complexity index is 386. The molecular weight excluding hydrogens is 226 g/mol. The molecule has 1 aliphatic rings. The van der Waals surface area contributed by atoms with E-state index in [1.807, 2.05) is 19.9 Å². The highest BCUT2D eigenvalue weighted by molar-refractivity contribution is 5.43. The fourth-order valence-corrected chi connectivity index (χ4v) is 2.05. The fourth-order valence-electron chi connectivity index (χ4n) is 2.05. The highest BCUT2D eigenvalue weighted by atomic mass is 16.5. The van der Waals surface area contributed by atoms with Crippen LogP contribution in [0, 0.1) is 0 Å². The summed E-state index contributed by atoms with van der Waals surface area (Å²) in [6.45, 7) is 4.94. The molecule has 1 fully saturated rings. The van der Waals surface area contributed by atoms with Crippen molar-refractivity contribution in [1.82, 2.24) is 5.32 Å². The minimum atomic E-state index is 0.165. The number of rotatable bonds is 6. The first kappa shape index (κ1) is 13.2. The molecule has 100 valence electrons. The number of benzene rings is 1. The molecule has 3 heteroatoms. The number of ether oxygens (including phenoxy) is 2. The average Bonchev–Trinajstić information content (AvgIpc) is 2.28. The quantitative estimate of drug-likeness (QED) is 0.840. The van der Waals surface area contributed by atoms with Crippen molar-refractivity contribution in [3.05, 3.63) is 23.8 Å². The molecule has 0 amide bonds. The van der Waals surface area contributed by atoms with E-state index in [1.165, 1.54) is 24.8 Å². The maximum atomic E-state index is 5.70. The zero-order chi connectivity index (χ0) is 13.0. The van der Waals surface area contributed by atoms with Gasteiger partial charge >= 0.3 is 0 Å². The van der Waals surface area contributed by atoms with Crippen LogP contribution in [0.3, 0.4) is 0 Å². The van der Waals surface area contributed by atoms with E-state index in [0.29, 0.717) is 6.04 Å². The summed E-state index contributed by atoms with van der Waals surface area (Å²) in [6, 6.07) is 6.87. The lowest BCUT2D eigenvalue weighted by molar-refractivity contribution is 0.230. The van der Waals surface area contributed by atoms with Gasteiger partial charge in [0.25, 0.3) is 0 Å². The van der Waals surface area contributed by atoms with Gasteiger partial charge in [-0.25, -0.2) is 0 Å². The van der Waals surface area contributed by atoms with Crippen molar-refractivity contribution in [2.75, 3.05) is 7.11 Å². The molecule has 0 radical (unpaired) electrons. The van der Waals surface area contributed by atoms with Crippen LogP contribution in [0.25, 0.3) is 0 Å². The van der Waals surface area contributed by atoms with E-state index in [-0.39, 0.29) is 6.10 Å².